The molecule has 7 heteroatoms. The third-order valence-electron chi connectivity index (χ3n) is 5.06. The number of nitrogens with zero attached hydrogens (tertiary/aromatic N) is 3. The molecule has 1 saturated heterocycles. The fourth-order valence-electron chi connectivity index (χ4n) is 3.49. The molecule has 3 aromatic rings. The van der Waals surface area contributed by atoms with Gasteiger partial charge in [0.25, 0.3) is 5.91 Å². The molecule has 2 heterocycles. The lowest BCUT2D eigenvalue weighted by Gasteiger charge is -2.10. The van der Waals surface area contributed by atoms with Crippen LogP contribution in [0.15, 0.2) is 84.9 Å². The SMILES string of the molecule is C=CCOc1ccc(-c2nn(-c3ccccc3)cc2C=C2SC(=S)N(CC=C)C2=O)c(C)c1. The third-order valence-corrected chi connectivity index (χ3v) is 6.43. The van der Waals surface area contributed by atoms with Gasteiger partial charge in [0.2, 0.25) is 0 Å². The number of amides is 1. The smallest absolute Gasteiger partial charge is 0.266 e. The zero-order valence-corrected chi connectivity index (χ0v) is 19.9. The maximum absolute atomic E-state index is 12.9. The standard InChI is InChI=1S/C26H23N3O2S2/c1-4-13-28-25(30)23(33-26(28)32)16-19-17-29(20-9-7-6-8-10-20)27-24(19)22-12-11-21(15-18(22)3)31-14-5-2/h4-12,15-17H,1-2,13-14H2,3H3. The van der Waals surface area contributed by atoms with Crippen LogP contribution in [-0.2, 0) is 4.79 Å². The minimum absolute atomic E-state index is 0.117. The molecular formula is C26H23N3O2S2. The number of benzene rings is 2. The Balaban J connectivity index is 1.79. The molecule has 33 heavy (non-hydrogen) atoms. The Morgan fingerprint density at radius 2 is 1.94 bits per heavy atom. The van der Waals surface area contributed by atoms with Crippen molar-refractivity contribution in [2.75, 3.05) is 13.2 Å². The molecule has 0 saturated carbocycles. The molecule has 4 rings (SSSR count). The lowest BCUT2D eigenvalue weighted by molar-refractivity contribution is -0.121. The van der Waals surface area contributed by atoms with Gasteiger partial charge in [-0.15, -0.1) is 6.58 Å². The van der Waals surface area contributed by atoms with Gasteiger partial charge in [-0.25, -0.2) is 4.68 Å². The molecule has 1 aliphatic heterocycles. The quantitative estimate of drug-likeness (QED) is 0.235. The molecule has 1 fully saturated rings. The number of thiocarbonyl (C=S) groups is 1. The fraction of sp³-hybridized carbons (Fsp3) is 0.115. The highest BCUT2D eigenvalue weighted by atomic mass is 32.2. The van der Waals surface area contributed by atoms with E-state index in [1.54, 1.807) is 17.1 Å². The monoisotopic (exact) mass is 473 g/mol. The molecule has 0 spiro atoms. The van der Waals surface area contributed by atoms with E-state index in [4.69, 9.17) is 22.1 Å². The fourth-order valence-corrected chi connectivity index (χ4v) is 4.76. The summed E-state index contributed by atoms with van der Waals surface area (Å²) in [6.07, 6.45) is 7.19. The molecule has 1 aromatic heterocycles. The maximum Gasteiger partial charge on any atom is 0.266 e. The van der Waals surface area contributed by atoms with E-state index < -0.39 is 0 Å². The molecule has 2 aromatic carbocycles. The van der Waals surface area contributed by atoms with Crippen LogP contribution in [0.2, 0.25) is 0 Å². The molecule has 1 amide bonds. The van der Waals surface area contributed by atoms with Gasteiger partial charge in [-0.3, -0.25) is 9.69 Å². The molecule has 5 nitrogen and oxygen atoms in total. The molecular weight excluding hydrogens is 450 g/mol. The number of carbonyl (C=O) groups excluding carboxylic acids is 1. The van der Waals surface area contributed by atoms with Crippen molar-refractivity contribution in [1.82, 2.24) is 14.7 Å². The van der Waals surface area contributed by atoms with E-state index in [1.807, 2.05) is 72.4 Å². The van der Waals surface area contributed by atoms with Crippen LogP contribution in [0.25, 0.3) is 23.0 Å². The number of thioether (sulfide) groups is 1. The van der Waals surface area contributed by atoms with E-state index in [-0.39, 0.29) is 5.91 Å². The first-order valence-corrected chi connectivity index (χ1v) is 11.6. The van der Waals surface area contributed by atoms with Crippen LogP contribution in [0.3, 0.4) is 0 Å². The van der Waals surface area contributed by atoms with Crippen LogP contribution < -0.4 is 4.74 Å². The molecule has 0 N–H and O–H groups in total. The number of rotatable bonds is 8. The van der Waals surface area contributed by atoms with Gasteiger partial charge in [0, 0.05) is 23.9 Å². The van der Waals surface area contributed by atoms with E-state index in [0.29, 0.717) is 22.4 Å². The van der Waals surface area contributed by atoms with Crippen molar-refractivity contribution in [3.8, 4) is 22.7 Å². The van der Waals surface area contributed by atoms with Crippen molar-refractivity contribution in [3.63, 3.8) is 0 Å². The number of hydrogen-bond donors (Lipinski definition) is 0. The van der Waals surface area contributed by atoms with Gasteiger partial charge in [0.05, 0.1) is 10.6 Å². The van der Waals surface area contributed by atoms with Gasteiger partial charge in [-0.05, 0) is 48.9 Å². The molecule has 1 aliphatic rings. The molecule has 0 bridgehead atoms. The highest BCUT2D eigenvalue weighted by Gasteiger charge is 2.31. The summed E-state index contributed by atoms with van der Waals surface area (Å²) < 4.78 is 8.03. The summed E-state index contributed by atoms with van der Waals surface area (Å²) in [5.41, 5.74) is 4.52. The maximum atomic E-state index is 12.9. The van der Waals surface area contributed by atoms with Crippen LogP contribution in [0, 0.1) is 6.92 Å². The first-order valence-electron chi connectivity index (χ1n) is 10.4. The van der Waals surface area contributed by atoms with Crippen molar-refractivity contribution in [2.45, 2.75) is 6.92 Å². The molecule has 0 unspecified atom stereocenters. The van der Waals surface area contributed by atoms with E-state index >= 15 is 0 Å². The predicted octanol–water partition coefficient (Wildman–Crippen LogP) is 5.80. The topological polar surface area (TPSA) is 47.4 Å². The Bertz CT molecular complexity index is 1260. The predicted molar refractivity (Wildman–Crippen MR) is 140 cm³/mol. The van der Waals surface area contributed by atoms with Crippen molar-refractivity contribution < 1.29 is 9.53 Å². The lowest BCUT2D eigenvalue weighted by atomic mass is 10.0. The second-order valence-electron chi connectivity index (χ2n) is 7.37. The molecule has 0 atom stereocenters. The van der Waals surface area contributed by atoms with E-state index in [2.05, 4.69) is 13.2 Å². The highest BCUT2D eigenvalue weighted by molar-refractivity contribution is 8.26. The first kappa shape index (κ1) is 22.8. The van der Waals surface area contributed by atoms with Crippen LogP contribution in [0.5, 0.6) is 5.75 Å². The van der Waals surface area contributed by atoms with E-state index in [9.17, 15) is 4.79 Å². The summed E-state index contributed by atoms with van der Waals surface area (Å²) in [5, 5.41) is 4.88. The lowest BCUT2D eigenvalue weighted by Crippen LogP contribution is -2.27. The largest absolute Gasteiger partial charge is 0.490 e. The molecule has 0 aliphatic carbocycles. The summed E-state index contributed by atoms with van der Waals surface area (Å²) >= 11 is 6.69. The second-order valence-corrected chi connectivity index (χ2v) is 9.05. The highest BCUT2D eigenvalue weighted by Crippen LogP contribution is 2.36. The van der Waals surface area contributed by atoms with Gasteiger partial charge < -0.3 is 4.74 Å². The average molecular weight is 474 g/mol. The first-order chi connectivity index (χ1) is 16.0. The van der Waals surface area contributed by atoms with Crippen molar-refractivity contribution >= 4 is 40.3 Å². The summed E-state index contributed by atoms with van der Waals surface area (Å²) in [4.78, 5) is 15.0. The number of ether oxygens (including phenoxy) is 1. The van der Waals surface area contributed by atoms with Gasteiger partial charge >= 0.3 is 0 Å². The molecule has 0 radical (unpaired) electrons. The summed E-state index contributed by atoms with van der Waals surface area (Å²) in [7, 11) is 0. The zero-order chi connectivity index (χ0) is 23.4. The number of hydrogen-bond acceptors (Lipinski definition) is 5. The Labute approximate surface area is 203 Å². The van der Waals surface area contributed by atoms with Gasteiger partial charge in [0.1, 0.15) is 22.4 Å². The van der Waals surface area contributed by atoms with Gasteiger partial charge in [-0.2, -0.15) is 5.10 Å². The van der Waals surface area contributed by atoms with Crippen molar-refractivity contribution in [1.29, 1.82) is 0 Å². The van der Waals surface area contributed by atoms with Crippen molar-refractivity contribution in [2.24, 2.45) is 0 Å². The Hall–Kier alpha value is -3.42. The Morgan fingerprint density at radius 3 is 2.64 bits per heavy atom. The summed E-state index contributed by atoms with van der Waals surface area (Å²) in [6, 6.07) is 15.8. The van der Waals surface area contributed by atoms with Crippen LogP contribution >= 0.6 is 24.0 Å². The normalized spacial score (nSPS) is 14.7. The third kappa shape index (κ3) is 4.84. The minimum Gasteiger partial charge on any atom is -0.490 e. The molecule has 166 valence electrons. The van der Waals surface area contributed by atoms with Gasteiger partial charge in [-0.1, -0.05) is 60.9 Å². The number of aryl methyl sites for hydroxylation is 1. The van der Waals surface area contributed by atoms with E-state index in [0.717, 1.165) is 33.8 Å². The number of aromatic nitrogens is 2. The van der Waals surface area contributed by atoms with Gasteiger partial charge in [0.15, 0.2) is 0 Å². The van der Waals surface area contributed by atoms with Crippen LogP contribution in [-0.4, -0.2) is 38.1 Å². The number of carbonyl (C=O) groups is 1. The summed E-state index contributed by atoms with van der Waals surface area (Å²) in [5.74, 6) is 0.652. The number of para-hydroxylation sites is 1. The minimum atomic E-state index is -0.117. The van der Waals surface area contributed by atoms with Crippen LogP contribution in [0.1, 0.15) is 11.1 Å². The van der Waals surface area contributed by atoms with Crippen LogP contribution in [0.4, 0.5) is 0 Å². The Kier molecular flexibility index (Phi) is 6.91. The average Bonchev–Trinajstić information content (AvgIpc) is 3.35. The zero-order valence-electron chi connectivity index (χ0n) is 18.2. The van der Waals surface area contributed by atoms with E-state index in [1.165, 1.54) is 11.8 Å². The summed E-state index contributed by atoms with van der Waals surface area (Å²) in [6.45, 7) is 10.3. The van der Waals surface area contributed by atoms with Crippen molar-refractivity contribution in [3.05, 3.63) is 96.1 Å². The Morgan fingerprint density at radius 1 is 1.15 bits per heavy atom. The second kappa shape index (κ2) is 10.0.